The summed E-state index contributed by atoms with van der Waals surface area (Å²) in [4.78, 5) is 28.1. The van der Waals surface area contributed by atoms with Crippen molar-refractivity contribution >= 4 is 11.8 Å². The van der Waals surface area contributed by atoms with E-state index in [9.17, 15) is 9.59 Å². The first kappa shape index (κ1) is 16.0. The summed E-state index contributed by atoms with van der Waals surface area (Å²) in [5.41, 5.74) is 8.08. The molecule has 1 atom stereocenters. The molecule has 2 N–H and O–H groups in total. The number of likely N-dealkylation sites (tertiary alicyclic amines) is 1. The van der Waals surface area contributed by atoms with Crippen molar-refractivity contribution in [2.45, 2.75) is 38.8 Å². The van der Waals surface area contributed by atoms with Gasteiger partial charge in [-0.15, -0.1) is 0 Å². The first-order chi connectivity index (χ1) is 11.1. The van der Waals surface area contributed by atoms with Crippen molar-refractivity contribution in [2.75, 3.05) is 19.6 Å². The zero-order chi connectivity index (χ0) is 16.4. The van der Waals surface area contributed by atoms with E-state index in [1.54, 1.807) is 0 Å². The average molecular weight is 315 g/mol. The van der Waals surface area contributed by atoms with E-state index in [-0.39, 0.29) is 23.8 Å². The van der Waals surface area contributed by atoms with Crippen molar-refractivity contribution in [2.24, 2.45) is 11.7 Å². The van der Waals surface area contributed by atoms with E-state index in [0.717, 1.165) is 19.5 Å². The molecule has 1 aromatic rings. The van der Waals surface area contributed by atoms with E-state index in [1.165, 1.54) is 11.1 Å². The largest absolute Gasteiger partial charge is 0.369 e. The number of amides is 2. The van der Waals surface area contributed by atoms with Crippen LogP contribution in [0.15, 0.2) is 24.3 Å². The van der Waals surface area contributed by atoms with Crippen LogP contribution in [0.25, 0.3) is 0 Å². The minimum atomic E-state index is -0.238. The molecule has 5 heteroatoms. The zero-order valence-corrected chi connectivity index (χ0v) is 13.7. The lowest BCUT2D eigenvalue weighted by atomic mass is 9.95. The summed E-state index contributed by atoms with van der Waals surface area (Å²) >= 11 is 0. The van der Waals surface area contributed by atoms with Crippen molar-refractivity contribution in [3.8, 4) is 0 Å². The maximum Gasteiger partial charge on any atom is 0.239 e. The predicted molar refractivity (Wildman–Crippen MR) is 88.5 cm³/mol. The van der Waals surface area contributed by atoms with Gasteiger partial charge in [-0.2, -0.15) is 0 Å². The second-order valence-electron chi connectivity index (χ2n) is 6.67. The minimum absolute atomic E-state index is 0.0729. The minimum Gasteiger partial charge on any atom is -0.369 e. The predicted octanol–water partition coefficient (Wildman–Crippen LogP) is 1.16. The molecule has 2 amide bonds. The second kappa shape index (κ2) is 6.71. The van der Waals surface area contributed by atoms with Crippen LogP contribution < -0.4 is 5.73 Å². The Morgan fingerprint density at radius 3 is 2.43 bits per heavy atom. The van der Waals surface area contributed by atoms with Crippen LogP contribution in [0.2, 0.25) is 0 Å². The summed E-state index contributed by atoms with van der Waals surface area (Å²) in [7, 11) is 0. The van der Waals surface area contributed by atoms with E-state index in [4.69, 9.17) is 5.73 Å². The van der Waals surface area contributed by atoms with Crippen LogP contribution >= 0.6 is 0 Å². The Morgan fingerprint density at radius 1 is 1.13 bits per heavy atom. The third-order valence-electron chi connectivity index (χ3n) is 5.27. The molecule has 0 bridgehead atoms. The number of fused-ring (bicyclic) bond motifs is 1. The van der Waals surface area contributed by atoms with Crippen LogP contribution in [-0.2, 0) is 22.6 Å². The van der Waals surface area contributed by atoms with Gasteiger partial charge in [-0.25, -0.2) is 0 Å². The number of carbonyl (C=O) groups is 2. The fourth-order valence-electron chi connectivity index (χ4n) is 3.65. The quantitative estimate of drug-likeness (QED) is 0.910. The summed E-state index contributed by atoms with van der Waals surface area (Å²) in [6.45, 7) is 5.03. The Labute approximate surface area is 137 Å². The highest BCUT2D eigenvalue weighted by molar-refractivity contribution is 5.82. The molecule has 3 rings (SSSR count). The number of hydrogen-bond donors (Lipinski definition) is 1. The molecule has 124 valence electrons. The molecule has 1 saturated heterocycles. The molecule has 2 aliphatic heterocycles. The fraction of sp³-hybridized carbons (Fsp3) is 0.556. The molecule has 2 aliphatic rings. The van der Waals surface area contributed by atoms with Gasteiger partial charge in [0.25, 0.3) is 0 Å². The van der Waals surface area contributed by atoms with Crippen LogP contribution in [0.5, 0.6) is 0 Å². The smallest absolute Gasteiger partial charge is 0.239 e. The van der Waals surface area contributed by atoms with E-state index < -0.39 is 0 Å². The standard InChI is InChI=1S/C18H25N3O2/c1-13(18(23)20-9-7-15(8-10-20)17(19)22)21-11-6-14-4-2-3-5-16(14)12-21/h2-5,13,15H,6-12H2,1H3,(H2,19,22)/t13-/m1/s1. The van der Waals surface area contributed by atoms with Gasteiger partial charge >= 0.3 is 0 Å². The Kier molecular flexibility index (Phi) is 4.66. The van der Waals surface area contributed by atoms with E-state index in [2.05, 4.69) is 29.2 Å². The number of primary amides is 1. The summed E-state index contributed by atoms with van der Waals surface area (Å²) in [6.07, 6.45) is 2.38. The lowest BCUT2D eigenvalue weighted by molar-refractivity contribution is -0.139. The highest BCUT2D eigenvalue weighted by Crippen LogP contribution is 2.23. The second-order valence-corrected chi connectivity index (χ2v) is 6.67. The molecule has 1 aromatic carbocycles. The first-order valence-corrected chi connectivity index (χ1v) is 8.45. The van der Waals surface area contributed by atoms with Gasteiger partial charge in [0.1, 0.15) is 0 Å². The van der Waals surface area contributed by atoms with Crippen LogP contribution in [-0.4, -0.2) is 47.3 Å². The lowest BCUT2D eigenvalue weighted by Gasteiger charge is -2.37. The van der Waals surface area contributed by atoms with Gasteiger partial charge in [-0.3, -0.25) is 14.5 Å². The molecular formula is C18H25N3O2. The zero-order valence-electron chi connectivity index (χ0n) is 13.7. The topological polar surface area (TPSA) is 66.6 Å². The Hall–Kier alpha value is -1.88. The first-order valence-electron chi connectivity index (χ1n) is 8.45. The molecule has 1 fully saturated rings. The molecule has 0 aliphatic carbocycles. The van der Waals surface area contributed by atoms with E-state index in [0.29, 0.717) is 25.9 Å². The summed E-state index contributed by atoms with van der Waals surface area (Å²) in [5.74, 6) is -0.138. The highest BCUT2D eigenvalue weighted by atomic mass is 16.2. The number of hydrogen-bond acceptors (Lipinski definition) is 3. The number of nitrogens with zero attached hydrogens (tertiary/aromatic N) is 2. The van der Waals surface area contributed by atoms with Gasteiger partial charge in [0.15, 0.2) is 0 Å². The molecule has 2 heterocycles. The van der Waals surface area contributed by atoms with Crippen LogP contribution in [0, 0.1) is 5.92 Å². The van der Waals surface area contributed by atoms with Crippen LogP contribution in [0.3, 0.4) is 0 Å². The molecule has 5 nitrogen and oxygen atoms in total. The molecule has 0 aromatic heterocycles. The molecule has 0 spiro atoms. The fourth-order valence-corrected chi connectivity index (χ4v) is 3.65. The van der Waals surface area contributed by atoms with Gasteiger partial charge < -0.3 is 10.6 Å². The monoisotopic (exact) mass is 315 g/mol. The third kappa shape index (κ3) is 3.39. The highest BCUT2D eigenvalue weighted by Gasteiger charge is 2.31. The van der Waals surface area contributed by atoms with Gasteiger partial charge in [0.05, 0.1) is 6.04 Å². The van der Waals surface area contributed by atoms with Gasteiger partial charge in [0, 0.05) is 32.1 Å². The third-order valence-corrected chi connectivity index (χ3v) is 5.27. The van der Waals surface area contributed by atoms with Crippen molar-refractivity contribution in [1.29, 1.82) is 0 Å². The van der Waals surface area contributed by atoms with Gasteiger partial charge in [0.2, 0.25) is 11.8 Å². The SMILES string of the molecule is C[C@H](C(=O)N1CCC(C(N)=O)CC1)N1CCc2ccccc2C1. The van der Waals surface area contributed by atoms with Crippen LogP contribution in [0.4, 0.5) is 0 Å². The molecule has 0 unspecified atom stereocenters. The Balaban J connectivity index is 1.59. The number of nitrogens with two attached hydrogens (primary N) is 1. The van der Waals surface area contributed by atoms with E-state index >= 15 is 0 Å². The van der Waals surface area contributed by atoms with Crippen molar-refractivity contribution in [3.05, 3.63) is 35.4 Å². The normalized spacial score (nSPS) is 20.8. The van der Waals surface area contributed by atoms with Crippen molar-refractivity contribution in [3.63, 3.8) is 0 Å². The Bertz CT molecular complexity index is 594. The maximum atomic E-state index is 12.8. The van der Waals surface area contributed by atoms with Crippen molar-refractivity contribution in [1.82, 2.24) is 9.80 Å². The average Bonchev–Trinajstić information content (AvgIpc) is 2.60. The summed E-state index contributed by atoms with van der Waals surface area (Å²) < 4.78 is 0. The Morgan fingerprint density at radius 2 is 1.78 bits per heavy atom. The van der Waals surface area contributed by atoms with E-state index in [1.807, 2.05) is 11.8 Å². The summed E-state index contributed by atoms with van der Waals surface area (Å²) in [6, 6.07) is 8.34. The molecule has 0 radical (unpaired) electrons. The molecule has 0 saturated carbocycles. The molecular weight excluding hydrogens is 290 g/mol. The molecule has 23 heavy (non-hydrogen) atoms. The number of benzene rings is 1. The van der Waals surface area contributed by atoms with Gasteiger partial charge in [-0.05, 0) is 37.3 Å². The van der Waals surface area contributed by atoms with Gasteiger partial charge in [-0.1, -0.05) is 24.3 Å². The number of carbonyl (C=O) groups excluding carboxylic acids is 2. The maximum absolute atomic E-state index is 12.8. The number of piperidine rings is 1. The number of rotatable bonds is 3. The lowest BCUT2D eigenvalue weighted by Crippen LogP contribution is -2.51. The van der Waals surface area contributed by atoms with Crippen molar-refractivity contribution < 1.29 is 9.59 Å². The summed E-state index contributed by atoms with van der Waals surface area (Å²) in [5, 5.41) is 0. The van der Waals surface area contributed by atoms with Crippen LogP contribution in [0.1, 0.15) is 30.9 Å².